The molecule has 1 aromatic heterocycles. The Balaban J connectivity index is 1.65. The van der Waals surface area contributed by atoms with Gasteiger partial charge in [-0.15, -0.1) is 0 Å². The van der Waals surface area contributed by atoms with Gasteiger partial charge in [0.15, 0.2) is 0 Å². The van der Waals surface area contributed by atoms with E-state index in [1.54, 1.807) is 0 Å². The first-order valence-corrected chi connectivity index (χ1v) is 11.2. The maximum Gasteiger partial charge on any atom is 0.0730 e. The summed E-state index contributed by atoms with van der Waals surface area (Å²) in [4.78, 5) is 7.35. The van der Waals surface area contributed by atoms with E-state index in [1.807, 2.05) is 12.1 Å². The summed E-state index contributed by atoms with van der Waals surface area (Å²) in [5, 5.41) is 5.98. The van der Waals surface area contributed by atoms with Crippen molar-refractivity contribution in [1.29, 1.82) is 0 Å². The Morgan fingerprint density at radius 2 is 1.23 bits per heavy atom. The van der Waals surface area contributed by atoms with Crippen LogP contribution in [0.1, 0.15) is 39.5 Å². The Morgan fingerprint density at radius 1 is 0.700 bits per heavy atom. The number of para-hydroxylation sites is 2. The van der Waals surface area contributed by atoms with Crippen molar-refractivity contribution >= 4 is 38.9 Å². The second kappa shape index (κ2) is 9.62. The number of nitrogens with zero attached hydrogens (tertiary/aromatic N) is 2. The molecule has 1 N–H and O–H groups in total. The molecule has 0 aliphatic rings. The summed E-state index contributed by atoms with van der Waals surface area (Å²) >= 11 is 0. The van der Waals surface area contributed by atoms with Crippen molar-refractivity contribution < 1.29 is 0 Å². The van der Waals surface area contributed by atoms with Crippen LogP contribution in [0, 0.1) is 0 Å². The summed E-state index contributed by atoms with van der Waals surface area (Å²) in [6.45, 7) is 6.77. The van der Waals surface area contributed by atoms with Gasteiger partial charge in [0, 0.05) is 35.2 Å². The van der Waals surface area contributed by atoms with E-state index in [9.17, 15) is 0 Å². The molecule has 0 bridgehead atoms. The van der Waals surface area contributed by atoms with Crippen LogP contribution in [0.3, 0.4) is 0 Å². The molecule has 4 rings (SSSR count). The largest absolute Gasteiger partial charge is 0.372 e. The topological polar surface area (TPSA) is 28.2 Å². The number of rotatable bonds is 9. The van der Waals surface area contributed by atoms with E-state index in [1.165, 1.54) is 31.4 Å². The summed E-state index contributed by atoms with van der Waals surface area (Å²) in [6.07, 6.45) is 4.92. The second-order valence-electron chi connectivity index (χ2n) is 7.89. The Kier molecular flexibility index (Phi) is 6.48. The van der Waals surface area contributed by atoms with Gasteiger partial charge in [-0.3, -0.25) is 0 Å². The van der Waals surface area contributed by atoms with E-state index in [0.717, 1.165) is 46.3 Å². The Bertz CT molecular complexity index is 1040. The molecule has 0 amide bonds. The van der Waals surface area contributed by atoms with Crippen molar-refractivity contribution in [3.05, 3.63) is 72.8 Å². The fraction of sp³-hybridized carbons (Fsp3) is 0.296. The lowest BCUT2D eigenvalue weighted by atomic mass is 10.1. The lowest BCUT2D eigenvalue weighted by Gasteiger charge is -2.25. The molecule has 0 aliphatic heterocycles. The molecular weight excluding hydrogens is 366 g/mol. The predicted octanol–water partition coefficient (Wildman–Crippen LogP) is 7.54. The fourth-order valence-corrected chi connectivity index (χ4v) is 3.94. The van der Waals surface area contributed by atoms with E-state index in [0.29, 0.717) is 0 Å². The van der Waals surface area contributed by atoms with Crippen molar-refractivity contribution in [1.82, 2.24) is 4.98 Å². The number of hydrogen-bond donors (Lipinski definition) is 1. The first-order valence-electron chi connectivity index (χ1n) is 11.2. The number of benzene rings is 3. The minimum atomic E-state index is 1.01. The minimum Gasteiger partial charge on any atom is -0.372 e. The van der Waals surface area contributed by atoms with E-state index >= 15 is 0 Å². The van der Waals surface area contributed by atoms with Crippen LogP contribution in [0.5, 0.6) is 0 Å². The quantitative estimate of drug-likeness (QED) is 0.296. The highest BCUT2D eigenvalue weighted by Crippen LogP contribution is 2.33. The highest BCUT2D eigenvalue weighted by Gasteiger charge is 2.10. The average molecular weight is 398 g/mol. The molecule has 0 fully saturated rings. The number of aromatic nitrogens is 1. The number of fused-ring (bicyclic) bond motifs is 2. The van der Waals surface area contributed by atoms with Gasteiger partial charge in [-0.05, 0) is 49.2 Å². The maximum absolute atomic E-state index is 4.83. The zero-order valence-corrected chi connectivity index (χ0v) is 18.1. The molecule has 0 radical (unpaired) electrons. The Hall–Kier alpha value is -3.07. The van der Waals surface area contributed by atoms with Gasteiger partial charge in [-0.2, -0.15) is 0 Å². The molecule has 0 atom stereocenters. The molecule has 0 spiro atoms. The summed E-state index contributed by atoms with van der Waals surface area (Å²) in [5.41, 5.74) is 5.57. The van der Waals surface area contributed by atoms with E-state index in [2.05, 4.69) is 84.7 Å². The standard InChI is InChI=1S/C27H31N3/c1-3-5-19-30(20-6-4-2)22-17-15-21(16-18-22)28-27-23-11-7-9-13-25(23)29-26-14-10-8-12-24(26)27/h7-18H,3-6,19-20H2,1-2H3,(H,28,29). The highest BCUT2D eigenvalue weighted by atomic mass is 15.1. The third kappa shape index (κ3) is 4.40. The predicted molar refractivity (Wildman–Crippen MR) is 131 cm³/mol. The lowest BCUT2D eigenvalue weighted by molar-refractivity contribution is 0.678. The maximum atomic E-state index is 4.83. The van der Waals surface area contributed by atoms with Crippen LogP contribution in [0.2, 0.25) is 0 Å². The molecule has 0 aliphatic carbocycles. The molecular formula is C27H31N3. The number of anilines is 3. The number of pyridine rings is 1. The molecule has 0 saturated carbocycles. The van der Waals surface area contributed by atoms with Gasteiger partial charge in [0.05, 0.1) is 16.7 Å². The molecule has 0 saturated heterocycles. The van der Waals surface area contributed by atoms with Gasteiger partial charge in [0.2, 0.25) is 0 Å². The molecule has 3 nitrogen and oxygen atoms in total. The molecule has 1 heterocycles. The van der Waals surface area contributed by atoms with Crippen LogP contribution >= 0.6 is 0 Å². The van der Waals surface area contributed by atoms with Gasteiger partial charge in [0.1, 0.15) is 0 Å². The first kappa shape index (κ1) is 20.2. The van der Waals surface area contributed by atoms with Gasteiger partial charge in [-0.1, -0.05) is 63.1 Å². The minimum absolute atomic E-state index is 1.01. The van der Waals surface area contributed by atoms with Crippen LogP contribution < -0.4 is 10.2 Å². The third-order valence-electron chi connectivity index (χ3n) is 5.65. The molecule has 3 heteroatoms. The summed E-state index contributed by atoms with van der Waals surface area (Å²) in [5.74, 6) is 0. The molecule has 30 heavy (non-hydrogen) atoms. The Labute approximate surface area is 179 Å². The smallest absolute Gasteiger partial charge is 0.0730 e. The van der Waals surface area contributed by atoms with Crippen molar-refractivity contribution in [3.8, 4) is 0 Å². The summed E-state index contributed by atoms with van der Waals surface area (Å²) in [6, 6.07) is 25.6. The van der Waals surface area contributed by atoms with Crippen molar-refractivity contribution in [2.24, 2.45) is 0 Å². The third-order valence-corrected chi connectivity index (χ3v) is 5.65. The van der Waals surface area contributed by atoms with Crippen molar-refractivity contribution in [2.45, 2.75) is 39.5 Å². The number of unbranched alkanes of at least 4 members (excludes halogenated alkanes) is 2. The van der Waals surface area contributed by atoms with Crippen LogP contribution in [0.4, 0.5) is 17.1 Å². The van der Waals surface area contributed by atoms with E-state index in [4.69, 9.17) is 4.98 Å². The van der Waals surface area contributed by atoms with Gasteiger partial charge < -0.3 is 10.2 Å². The van der Waals surface area contributed by atoms with Crippen LogP contribution in [0.25, 0.3) is 21.8 Å². The molecule has 0 unspecified atom stereocenters. The zero-order valence-electron chi connectivity index (χ0n) is 18.1. The number of nitrogens with one attached hydrogen (secondary N) is 1. The van der Waals surface area contributed by atoms with Crippen molar-refractivity contribution in [2.75, 3.05) is 23.3 Å². The highest BCUT2D eigenvalue weighted by molar-refractivity contribution is 6.08. The zero-order chi connectivity index (χ0) is 20.8. The van der Waals surface area contributed by atoms with E-state index in [-0.39, 0.29) is 0 Å². The summed E-state index contributed by atoms with van der Waals surface area (Å²) in [7, 11) is 0. The van der Waals surface area contributed by atoms with E-state index < -0.39 is 0 Å². The molecule has 154 valence electrons. The molecule has 3 aromatic carbocycles. The first-order chi connectivity index (χ1) is 14.8. The average Bonchev–Trinajstić information content (AvgIpc) is 2.80. The van der Waals surface area contributed by atoms with Gasteiger partial charge in [0.25, 0.3) is 0 Å². The fourth-order valence-electron chi connectivity index (χ4n) is 3.94. The van der Waals surface area contributed by atoms with Gasteiger partial charge in [-0.25, -0.2) is 4.98 Å². The van der Waals surface area contributed by atoms with Crippen LogP contribution in [-0.2, 0) is 0 Å². The SMILES string of the molecule is CCCCN(CCCC)c1ccc(Nc2c3ccccc3nc3ccccc23)cc1. The van der Waals surface area contributed by atoms with Crippen LogP contribution in [-0.4, -0.2) is 18.1 Å². The Morgan fingerprint density at radius 3 is 1.77 bits per heavy atom. The normalized spacial score (nSPS) is 11.1. The lowest BCUT2D eigenvalue weighted by Crippen LogP contribution is -2.25. The van der Waals surface area contributed by atoms with Crippen LogP contribution in [0.15, 0.2) is 72.8 Å². The number of hydrogen-bond acceptors (Lipinski definition) is 3. The summed E-state index contributed by atoms with van der Waals surface area (Å²) < 4.78 is 0. The monoisotopic (exact) mass is 397 g/mol. The van der Waals surface area contributed by atoms with Gasteiger partial charge >= 0.3 is 0 Å². The van der Waals surface area contributed by atoms with Crippen molar-refractivity contribution in [3.63, 3.8) is 0 Å². The second-order valence-corrected chi connectivity index (χ2v) is 7.89. The molecule has 4 aromatic rings.